The molecule has 112 valence electrons. The van der Waals surface area contributed by atoms with Crippen LogP contribution in [0.2, 0.25) is 0 Å². The fourth-order valence-electron chi connectivity index (χ4n) is 3.06. The molecule has 1 heterocycles. The molecule has 19 heavy (non-hydrogen) atoms. The van der Waals surface area contributed by atoms with Crippen LogP contribution < -0.4 is 10.6 Å². The Balaban J connectivity index is 0.00000180. The summed E-state index contributed by atoms with van der Waals surface area (Å²) in [5, 5.41) is 6.86. The normalized spacial score (nSPS) is 21.8. The summed E-state index contributed by atoms with van der Waals surface area (Å²) in [4.78, 5) is 4.49. The zero-order chi connectivity index (χ0) is 12.7. The highest BCUT2D eigenvalue weighted by atomic mass is 127. The smallest absolute Gasteiger partial charge is 0.191 e. The molecule has 5 heteroatoms. The summed E-state index contributed by atoms with van der Waals surface area (Å²) < 4.78 is 5.29. The van der Waals surface area contributed by atoms with Crippen LogP contribution in [0, 0.1) is 5.41 Å². The second-order valence-electron chi connectivity index (χ2n) is 5.67. The van der Waals surface area contributed by atoms with Crippen molar-refractivity contribution in [2.45, 2.75) is 44.9 Å². The van der Waals surface area contributed by atoms with Crippen LogP contribution in [-0.2, 0) is 4.74 Å². The van der Waals surface area contributed by atoms with Crippen molar-refractivity contribution in [1.29, 1.82) is 0 Å². The van der Waals surface area contributed by atoms with E-state index in [0.29, 0.717) is 5.41 Å². The molecule has 2 N–H and O–H groups in total. The monoisotopic (exact) mass is 381 g/mol. The molecule has 1 aliphatic carbocycles. The Bertz CT molecular complexity index is 278. The molecule has 4 nitrogen and oxygen atoms in total. The van der Waals surface area contributed by atoms with E-state index in [4.69, 9.17) is 4.74 Å². The summed E-state index contributed by atoms with van der Waals surface area (Å²) >= 11 is 0. The van der Waals surface area contributed by atoms with E-state index in [9.17, 15) is 0 Å². The second-order valence-corrected chi connectivity index (χ2v) is 5.67. The SMILES string of the molecule is COCCC1(CNC2=NCCCN2)CCCCC1.I. The van der Waals surface area contributed by atoms with Crippen molar-refractivity contribution < 1.29 is 4.74 Å². The molecular weight excluding hydrogens is 353 g/mol. The molecule has 0 radical (unpaired) electrons. The first-order valence-electron chi connectivity index (χ1n) is 7.36. The van der Waals surface area contributed by atoms with Crippen molar-refractivity contribution in [3.63, 3.8) is 0 Å². The lowest BCUT2D eigenvalue weighted by Gasteiger charge is -2.38. The maximum absolute atomic E-state index is 5.29. The second kappa shape index (κ2) is 9.00. The fourth-order valence-corrected chi connectivity index (χ4v) is 3.06. The highest BCUT2D eigenvalue weighted by molar-refractivity contribution is 14.0. The minimum atomic E-state index is 0. The molecule has 0 amide bonds. The molecule has 2 rings (SSSR count). The average molecular weight is 381 g/mol. The minimum absolute atomic E-state index is 0. The van der Waals surface area contributed by atoms with Gasteiger partial charge in [-0.2, -0.15) is 0 Å². The Hall–Kier alpha value is -0.0400. The molecule has 1 saturated carbocycles. The minimum Gasteiger partial charge on any atom is -0.385 e. The van der Waals surface area contributed by atoms with E-state index in [1.807, 2.05) is 0 Å². The number of nitrogens with zero attached hydrogens (tertiary/aromatic N) is 1. The maximum Gasteiger partial charge on any atom is 0.191 e. The van der Waals surface area contributed by atoms with Gasteiger partial charge in [0, 0.05) is 33.4 Å². The Kier molecular flexibility index (Phi) is 8.06. The van der Waals surface area contributed by atoms with Crippen molar-refractivity contribution >= 4 is 29.9 Å². The van der Waals surface area contributed by atoms with Gasteiger partial charge in [-0.15, -0.1) is 24.0 Å². The number of ether oxygens (including phenoxy) is 1. The van der Waals surface area contributed by atoms with Gasteiger partial charge in [0.25, 0.3) is 0 Å². The number of guanidine groups is 1. The lowest BCUT2D eigenvalue weighted by molar-refractivity contribution is 0.105. The highest BCUT2D eigenvalue weighted by Crippen LogP contribution is 2.38. The van der Waals surface area contributed by atoms with Gasteiger partial charge in [0.05, 0.1) is 0 Å². The summed E-state index contributed by atoms with van der Waals surface area (Å²) in [6, 6.07) is 0. The van der Waals surface area contributed by atoms with E-state index < -0.39 is 0 Å². The van der Waals surface area contributed by atoms with E-state index >= 15 is 0 Å². The van der Waals surface area contributed by atoms with Gasteiger partial charge in [-0.1, -0.05) is 19.3 Å². The number of hydrogen-bond acceptors (Lipinski definition) is 4. The molecule has 0 saturated heterocycles. The first-order valence-corrected chi connectivity index (χ1v) is 7.36. The first kappa shape index (κ1) is 17.0. The Labute approximate surface area is 134 Å². The summed E-state index contributed by atoms with van der Waals surface area (Å²) in [5.74, 6) is 1.00. The van der Waals surface area contributed by atoms with Gasteiger partial charge in [-0.05, 0) is 31.1 Å². The van der Waals surface area contributed by atoms with Gasteiger partial charge in [0.1, 0.15) is 0 Å². The molecule has 0 unspecified atom stereocenters. The van der Waals surface area contributed by atoms with E-state index in [1.165, 1.54) is 38.5 Å². The van der Waals surface area contributed by atoms with Gasteiger partial charge in [-0.25, -0.2) is 0 Å². The predicted octanol–water partition coefficient (Wildman–Crippen LogP) is 2.53. The molecule has 0 aromatic heterocycles. The molecule has 0 spiro atoms. The van der Waals surface area contributed by atoms with Crippen LogP contribution in [0.4, 0.5) is 0 Å². The Morgan fingerprint density at radius 3 is 2.68 bits per heavy atom. The average Bonchev–Trinajstić information content (AvgIpc) is 2.45. The third-order valence-electron chi connectivity index (χ3n) is 4.28. The number of nitrogens with one attached hydrogen (secondary N) is 2. The fraction of sp³-hybridized carbons (Fsp3) is 0.929. The predicted molar refractivity (Wildman–Crippen MR) is 90.4 cm³/mol. The largest absolute Gasteiger partial charge is 0.385 e. The molecule has 0 atom stereocenters. The van der Waals surface area contributed by atoms with Crippen LogP contribution in [0.3, 0.4) is 0 Å². The van der Waals surface area contributed by atoms with Crippen molar-refractivity contribution in [3.05, 3.63) is 0 Å². The molecule has 0 bridgehead atoms. The molecular formula is C14H28IN3O. The number of aliphatic imine (C=N–C) groups is 1. The lowest BCUT2D eigenvalue weighted by atomic mass is 9.72. The van der Waals surface area contributed by atoms with Gasteiger partial charge in [0.2, 0.25) is 0 Å². The Morgan fingerprint density at radius 2 is 2.05 bits per heavy atom. The van der Waals surface area contributed by atoms with Crippen LogP contribution in [-0.4, -0.2) is 39.3 Å². The lowest BCUT2D eigenvalue weighted by Crippen LogP contribution is -2.46. The van der Waals surface area contributed by atoms with Crippen molar-refractivity contribution in [2.75, 3.05) is 33.4 Å². The molecule has 1 aliphatic heterocycles. The number of halogens is 1. The zero-order valence-corrected chi connectivity index (χ0v) is 14.4. The van der Waals surface area contributed by atoms with Gasteiger partial charge in [-0.3, -0.25) is 4.99 Å². The summed E-state index contributed by atoms with van der Waals surface area (Å²) in [5.41, 5.74) is 0.426. The van der Waals surface area contributed by atoms with Gasteiger partial charge >= 0.3 is 0 Å². The summed E-state index contributed by atoms with van der Waals surface area (Å²) in [7, 11) is 1.80. The van der Waals surface area contributed by atoms with Crippen LogP contribution in [0.1, 0.15) is 44.9 Å². The standard InChI is InChI=1S/C14H27N3O.HI/c1-18-11-8-14(6-3-2-4-7-14)12-17-13-15-9-5-10-16-13;/h2-12H2,1H3,(H2,15,16,17);1H. The van der Waals surface area contributed by atoms with Crippen molar-refractivity contribution in [3.8, 4) is 0 Å². The maximum atomic E-state index is 5.29. The zero-order valence-electron chi connectivity index (χ0n) is 12.0. The number of methoxy groups -OCH3 is 1. The molecule has 2 aliphatic rings. The first-order chi connectivity index (χ1) is 8.85. The quantitative estimate of drug-likeness (QED) is 0.720. The van der Waals surface area contributed by atoms with Crippen molar-refractivity contribution in [1.82, 2.24) is 10.6 Å². The van der Waals surface area contributed by atoms with Crippen LogP contribution in [0.15, 0.2) is 4.99 Å². The highest BCUT2D eigenvalue weighted by Gasteiger charge is 2.31. The molecule has 1 fully saturated rings. The van der Waals surface area contributed by atoms with Crippen LogP contribution in [0.5, 0.6) is 0 Å². The van der Waals surface area contributed by atoms with Crippen LogP contribution in [0.25, 0.3) is 0 Å². The molecule has 0 aromatic carbocycles. The summed E-state index contributed by atoms with van der Waals surface area (Å²) in [6.07, 6.45) is 9.11. The third kappa shape index (κ3) is 5.45. The van der Waals surface area contributed by atoms with E-state index in [1.54, 1.807) is 7.11 Å². The molecule has 0 aromatic rings. The topological polar surface area (TPSA) is 45.6 Å². The summed E-state index contributed by atoms with van der Waals surface area (Å²) in [6.45, 7) is 3.93. The van der Waals surface area contributed by atoms with Crippen LogP contribution >= 0.6 is 24.0 Å². The third-order valence-corrected chi connectivity index (χ3v) is 4.28. The number of hydrogen-bond donors (Lipinski definition) is 2. The van der Waals surface area contributed by atoms with E-state index in [0.717, 1.165) is 38.6 Å². The van der Waals surface area contributed by atoms with Gasteiger partial charge < -0.3 is 15.4 Å². The Morgan fingerprint density at radius 1 is 1.26 bits per heavy atom. The van der Waals surface area contributed by atoms with Gasteiger partial charge in [0.15, 0.2) is 5.96 Å². The number of rotatable bonds is 5. The van der Waals surface area contributed by atoms with E-state index in [-0.39, 0.29) is 24.0 Å². The van der Waals surface area contributed by atoms with E-state index in [2.05, 4.69) is 15.6 Å². The van der Waals surface area contributed by atoms with Crippen molar-refractivity contribution in [2.24, 2.45) is 10.4 Å².